The fourth-order valence-corrected chi connectivity index (χ4v) is 2.45. The van der Waals surface area contributed by atoms with Crippen LogP contribution in [0.25, 0.3) is 0 Å². The summed E-state index contributed by atoms with van der Waals surface area (Å²) in [6, 6.07) is 0. The number of hydrogen-bond donors (Lipinski definition) is 2. The minimum absolute atomic E-state index is 0. The van der Waals surface area contributed by atoms with Crippen LogP contribution in [-0.2, 0) is 17.5 Å². The van der Waals surface area contributed by atoms with Crippen LogP contribution in [0.3, 0.4) is 0 Å². The molecule has 1 aliphatic rings. The van der Waals surface area contributed by atoms with E-state index in [-0.39, 0.29) is 35.8 Å². The Labute approximate surface area is 118 Å². The quantitative estimate of drug-likeness (QED) is 0.894. The van der Waals surface area contributed by atoms with Crippen molar-refractivity contribution in [2.75, 3.05) is 13.1 Å². The van der Waals surface area contributed by atoms with Crippen LogP contribution in [0.5, 0.6) is 0 Å². The van der Waals surface area contributed by atoms with Crippen LogP contribution in [0.1, 0.15) is 17.1 Å². The fourth-order valence-electron chi connectivity index (χ4n) is 1.71. The van der Waals surface area contributed by atoms with Gasteiger partial charge in [0.05, 0.1) is 12.5 Å². The molecule has 4 nitrogen and oxygen atoms in total. The molecule has 0 spiro atoms. The zero-order valence-electron chi connectivity index (χ0n) is 9.79. The van der Waals surface area contributed by atoms with Gasteiger partial charge in [-0.2, -0.15) is 13.2 Å². The summed E-state index contributed by atoms with van der Waals surface area (Å²) in [6.45, 7) is 1.47. The molecule has 0 aliphatic carbocycles. The Morgan fingerprint density at radius 1 is 1.58 bits per heavy atom. The van der Waals surface area contributed by atoms with Gasteiger partial charge in [-0.05, 0) is 13.0 Å². The lowest BCUT2D eigenvalue weighted by molar-refractivity contribution is -0.140. The average Bonchev–Trinajstić information content (AvgIpc) is 2.96. The summed E-state index contributed by atoms with van der Waals surface area (Å²) in [4.78, 5) is 15.1. The highest BCUT2D eigenvalue weighted by atomic mass is 35.5. The maximum Gasteiger partial charge on any atom is 0.434 e. The average molecular weight is 316 g/mol. The second kappa shape index (κ2) is 6.53. The number of halogens is 4. The molecule has 0 saturated carbocycles. The molecule has 108 valence electrons. The Bertz CT molecular complexity index is 432. The van der Waals surface area contributed by atoms with E-state index in [1.54, 1.807) is 0 Å². The first-order chi connectivity index (χ1) is 8.47. The normalized spacial score (nSPS) is 19.0. The van der Waals surface area contributed by atoms with Crippen LogP contribution in [0, 0.1) is 5.92 Å². The molecule has 19 heavy (non-hydrogen) atoms. The van der Waals surface area contributed by atoms with Crippen molar-refractivity contribution in [3.8, 4) is 0 Å². The zero-order chi connectivity index (χ0) is 13.2. The highest BCUT2D eigenvalue weighted by molar-refractivity contribution is 7.09. The maximum absolute atomic E-state index is 12.3. The van der Waals surface area contributed by atoms with Crippen LogP contribution in [-0.4, -0.2) is 24.0 Å². The number of amides is 1. The maximum atomic E-state index is 12.3. The number of carbonyl (C=O) groups excluding carboxylic acids is 1. The Hall–Kier alpha value is -0.860. The number of alkyl halides is 3. The molecule has 2 N–H and O–H groups in total. The van der Waals surface area contributed by atoms with Gasteiger partial charge in [0.25, 0.3) is 0 Å². The largest absolute Gasteiger partial charge is 0.434 e. The van der Waals surface area contributed by atoms with E-state index in [9.17, 15) is 18.0 Å². The van der Waals surface area contributed by atoms with E-state index in [4.69, 9.17) is 0 Å². The second-order valence-corrected chi connectivity index (χ2v) is 4.97. The van der Waals surface area contributed by atoms with Crippen molar-refractivity contribution >= 4 is 29.7 Å². The summed E-state index contributed by atoms with van der Waals surface area (Å²) in [5, 5.41) is 6.88. The highest BCUT2D eigenvalue weighted by Gasteiger charge is 2.33. The number of nitrogens with zero attached hydrogens (tertiary/aromatic N) is 1. The standard InChI is InChI=1S/C10H12F3N3OS.ClH/c11-10(12,13)7-5-18-8(16-7)4-15-9(17)6-1-2-14-3-6;/h5-6,14H,1-4H2,(H,15,17);1H. The van der Waals surface area contributed by atoms with Crippen molar-refractivity contribution in [1.82, 2.24) is 15.6 Å². The zero-order valence-corrected chi connectivity index (χ0v) is 11.4. The summed E-state index contributed by atoms with van der Waals surface area (Å²) in [7, 11) is 0. The minimum Gasteiger partial charge on any atom is -0.349 e. The summed E-state index contributed by atoms with van der Waals surface area (Å²) in [5.74, 6) is -0.226. The highest BCUT2D eigenvalue weighted by Crippen LogP contribution is 2.29. The van der Waals surface area contributed by atoms with Gasteiger partial charge in [-0.3, -0.25) is 4.79 Å². The van der Waals surface area contributed by atoms with E-state index >= 15 is 0 Å². The molecule has 2 heterocycles. The smallest absolute Gasteiger partial charge is 0.349 e. The van der Waals surface area contributed by atoms with Crippen molar-refractivity contribution in [2.45, 2.75) is 19.1 Å². The monoisotopic (exact) mass is 315 g/mol. The summed E-state index contributed by atoms with van der Waals surface area (Å²) in [6.07, 6.45) is -3.66. The molecule has 1 saturated heterocycles. The van der Waals surface area contributed by atoms with Crippen LogP contribution in [0.2, 0.25) is 0 Å². The van der Waals surface area contributed by atoms with Crippen LogP contribution < -0.4 is 10.6 Å². The molecule has 1 unspecified atom stereocenters. The lowest BCUT2D eigenvalue weighted by Crippen LogP contribution is -2.31. The van der Waals surface area contributed by atoms with Crippen molar-refractivity contribution in [3.05, 3.63) is 16.1 Å². The Balaban J connectivity index is 0.00000180. The van der Waals surface area contributed by atoms with Crippen LogP contribution in [0.15, 0.2) is 5.38 Å². The van der Waals surface area contributed by atoms with Crippen LogP contribution in [0.4, 0.5) is 13.2 Å². The lowest BCUT2D eigenvalue weighted by atomic mass is 10.1. The predicted molar refractivity (Wildman–Crippen MR) is 67.2 cm³/mol. The first kappa shape index (κ1) is 16.2. The number of aromatic nitrogens is 1. The molecule has 1 fully saturated rings. The Morgan fingerprint density at radius 2 is 2.32 bits per heavy atom. The van der Waals surface area contributed by atoms with E-state index in [1.807, 2.05) is 0 Å². The van der Waals surface area contributed by atoms with Crippen molar-refractivity contribution in [3.63, 3.8) is 0 Å². The Morgan fingerprint density at radius 3 is 2.84 bits per heavy atom. The molecule has 1 aromatic rings. The van der Waals surface area contributed by atoms with E-state index in [0.717, 1.165) is 29.7 Å². The minimum atomic E-state index is -4.42. The van der Waals surface area contributed by atoms with Gasteiger partial charge in [-0.15, -0.1) is 23.7 Å². The van der Waals surface area contributed by atoms with Gasteiger partial charge < -0.3 is 10.6 Å². The molecule has 0 radical (unpaired) electrons. The van der Waals surface area contributed by atoms with E-state index < -0.39 is 11.9 Å². The van der Waals surface area contributed by atoms with Crippen molar-refractivity contribution < 1.29 is 18.0 Å². The van der Waals surface area contributed by atoms with E-state index in [1.165, 1.54) is 0 Å². The number of nitrogens with one attached hydrogen (secondary N) is 2. The van der Waals surface area contributed by atoms with Crippen LogP contribution >= 0.6 is 23.7 Å². The van der Waals surface area contributed by atoms with E-state index in [0.29, 0.717) is 6.54 Å². The van der Waals surface area contributed by atoms with Gasteiger partial charge in [-0.25, -0.2) is 4.98 Å². The summed E-state index contributed by atoms with van der Waals surface area (Å²) < 4.78 is 36.9. The molecule has 0 bridgehead atoms. The van der Waals surface area contributed by atoms with Crippen molar-refractivity contribution in [2.24, 2.45) is 5.92 Å². The molecule has 1 aromatic heterocycles. The summed E-state index contributed by atoms with van der Waals surface area (Å²) in [5.41, 5.74) is -0.903. The van der Waals surface area contributed by atoms with Gasteiger partial charge in [0.1, 0.15) is 5.01 Å². The van der Waals surface area contributed by atoms with Crippen molar-refractivity contribution in [1.29, 1.82) is 0 Å². The molecule has 2 rings (SSSR count). The number of thiazole rings is 1. The lowest BCUT2D eigenvalue weighted by Gasteiger charge is -2.08. The molecule has 9 heteroatoms. The summed E-state index contributed by atoms with van der Waals surface area (Å²) >= 11 is 0.899. The van der Waals surface area contributed by atoms with Gasteiger partial charge in [-0.1, -0.05) is 0 Å². The predicted octanol–water partition coefficient (Wildman–Crippen LogP) is 1.81. The Kier molecular flexibility index (Phi) is 5.57. The molecular formula is C10H13ClF3N3OS. The first-order valence-corrected chi connectivity index (χ1v) is 6.35. The van der Waals surface area contributed by atoms with Gasteiger partial charge in [0.15, 0.2) is 5.69 Å². The topological polar surface area (TPSA) is 54.0 Å². The third-order valence-electron chi connectivity index (χ3n) is 2.69. The number of rotatable bonds is 3. The van der Waals surface area contributed by atoms with Gasteiger partial charge in [0.2, 0.25) is 5.91 Å². The molecule has 1 aliphatic heterocycles. The number of carbonyl (C=O) groups is 1. The first-order valence-electron chi connectivity index (χ1n) is 5.47. The molecule has 1 atom stereocenters. The molecule has 0 aromatic carbocycles. The fraction of sp³-hybridized carbons (Fsp3) is 0.600. The molecular weight excluding hydrogens is 303 g/mol. The second-order valence-electron chi connectivity index (χ2n) is 4.03. The third-order valence-corrected chi connectivity index (χ3v) is 3.54. The van der Waals surface area contributed by atoms with E-state index in [2.05, 4.69) is 15.6 Å². The van der Waals surface area contributed by atoms with Gasteiger partial charge in [0, 0.05) is 11.9 Å². The number of hydrogen-bond acceptors (Lipinski definition) is 4. The third kappa shape index (κ3) is 4.32. The SMILES string of the molecule is Cl.O=C(NCc1nc(C(F)(F)F)cs1)C1CCNC1. The van der Waals surface area contributed by atoms with Gasteiger partial charge >= 0.3 is 6.18 Å². The molecule has 1 amide bonds.